The minimum absolute atomic E-state index is 0.301. The van der Waals surface area contributed by atoms with Gasteiger partial charge in [-0.2, -0.15) is 0 Å². The van der Waals surface area contributed by atoms with Gasteiger partial charge in [-0.05, 0) is 57.0 Å². The van der Waals surface area contributed by atoms with E-state index in [9.17, 15) is 9.59 Å². The van der Waals surface area contributed by atoms with Gasteiger partial charge in [0.25, 0.3) is 0 Å². The molecule has 0 aliphatic heterocycles. The molecule has 3 N–H and O–H groups in total. The van der Waals surface area contributed by atoms with Gasteiger partial charge in [-0.1, -0.05) is 103 Å². The molecule has 0 radical (unpaired) electrons. The molecule has 0 spiro atoms. The molecule has 0 aromatic heterocycles. The number of halogens is 1. The third-order valence-electron chi connectivity index (χ3n) is 5.96. The van der Waals surface area contributed by atoms with E-state index in [4.69, 9.17) is 5.73 Å². The Balaban J connectivity index is 1.83. The van der Waals surface area contributed by atoms with Gasteiger partial charge in [0.05, 0.1) is 0 Å². The summed E-state index contributed by atoms with van der Waals surface area (Å²) in [6.45, 7) is 0. The van der Waals surface area contributed by atoms with Crippen LogP contribution in [0, 0.1) is 3.57 Å². The standard InChI is InChI=1S/C29H25IN2O2/c30-25-18-16-21(17-19-25)20-26(27(31)33)32-28(34)29(22-10-4-1-5-11-22,23-12-6-2-7-13-23)24-14-8-3-9-15-24/h1-19,26H,20H2,(H2,31,33)(H,32,34)/t26-/m0/s1. The van der Waals surface area contributed by atoms with Gasteiger partial charge in [0, 0.05) is 9.99 Å². The first-order chi connectivity index (χ1) is 16.5. The van der Waals surface area contributed by atoms with Crippen LogP contribution in [-0.4, -0.2) is 17.9 Å². The molecule has 0 bridgehead atoms. The Hall–Kier alpha value is -3.45. The van der Waals surface area contributed by atoms with Crippen LogP contribution in [0.2, 0.25) is 0 Å². The van der Waals surface area contributed by atoms with Crippen molar-refractivity contribution < 1.29 is 9.59 Å². The smallest absolute Gasteiger partial charge is 0.240 e. The maximum absolute atomic E-state index is 14.3. The van der Waals surface area contributed by atoms with Gasteiger partial charge in [-0.25, -0.2) is 0 Å². The fourth-order valence-electron chi connectivity index (χ4n) is 4.30. The molecule has 4 nitrogen and oxygen atoms in total. The minimum Gasteiger partial charge on any atom is -0.368 e. The van der Waals surface area contributed by atoms with E-state index in [1.54, 1.807) is 0 Å². The summed E-state index contributed by atoms with van der Waals surface area (Å²) in [7, 11) is 0. The van der Waals surface area contributed by atoms with Gasteiger partial charge in [-0.3, -0.25) is 9.59 Å². The average molecular weight is 560 g/mol. The van der Waals surface area contributed by atoms with E-state index in [1.165, 1.54) is 0 Å². The number of carbonyl (C=O) groups is 2. The minimum atomic E-state index is -1.16. The Morgan fingerprint density at radius 2 is 1.12 bits per heavy atom. The van der Waals surface area contributed by atoms with Gasteiger partial charge >= 0.3 is 0 Å². The Kier molecular flexibility index (Phi) is 7.43. The highest BCUT2D eigenvalue weighted by atomic mass is 127. The van der Waals surface area contributed by atoms with Crippen LogP contribution in [0.15, 0.2) is 115 Å². The number of hydrogen-bond donors (Lipinski definition) is 2. The summed E-state index contributed by atoms with van der Waals surface area (Å²) in [5, 5.41) is 3.00. The number of nitrogens with one attached hydrogen (secondary N) is 1. The molecule has 0 saturated heterocycles. The number of rotatable bonds is 8. The van der Waals surface area contributed by atoms with Gasteiger partial charge in [0.15, 0.2) is 0 Å². The molecule has 4 rings (SSSR count). The highest BCUT2D eigenvalue weighted by Crippen LogP contribution is 2.39. The van der Waals surface area contributed by atoms with Crippen molar-refractivity contribution in [2.45, 2.75) is 17.9 Å². The van der Waals surface area contributed by atoms with Crippen molar-refractivity contribution in [3.63, 3.8) is 0 Å². The fraction of sp³-hybridized carbons (Fsp3) is 0.103. The van der Waals surface area contributed by atoms with E-state index < -0.39 is 17.4 Å². The zero-order valence-corrected chi connectivity index (χ0v) is 20.7. The molecule has 0 fully saturated rings. The Labute approximate surface area is 213 Å². The number of hydrogen-bond acceptors (Lipinski definition) is 2. The fourth-order valence-corrected chi connectivity index (χ4v) is 4.66. The summed E-state index contributed by atoms with van der Waals surface area (Å²) < 4.78 is 1.09. The SMILES string of the molecule is NC(=O)[C@H](Cc1ccc(I)cc1)NC(=O)C(c1ccccc1)(c1ccccc1)c1ccccc1. The monoisotopic (exact) mass is 560 g/mol. The molecule has 0 unspecified atom stereocenters. The van der Waals surface area contributed by atoms with E-state index in [0.29, 0.717) is 6.42 Å². The van der Waals surface area contributed by atoms with Crippen LogP contribution in [-0.2, 0) is 21.4 Å². The van der Waals surface area contributed by atoms with Gasteiger partial charge in [0.1, 0.15) is 11.5 Å². The first-order valence-electron chi connectivity index (χ1n) is 11.0. The maximum atomic E-state index is 14.3. The lowest BCUT2D eigenvalue weighted by Gasteiger charge is -2.35. The summed E-state index contributed by atoms with van der Waals surface area (Å²) in [6, 6.07) is 35.9. The largest absolute Gasteiger partial charge is 0.368 e. The maximum Gasteiger partial charge on any atom is 0.240 e. The van der Waals surface area contributed by atoms with Crippen LogP contribution in [0.4, 0.5) is 0 Å². The van der Waals surface area contributed by atoms with Crippen LogP contribution < -0.4 is 11.1 Å². The zero-order valence-electron chi connectivity index (χ0n) is 18.5. The zero-order chi connectivity index (χ0) is 24.0. The van der Waals surface area contributed by atoms with Crippen molar-refractivity contribution >= 4 is 34.4 Å². The van der Waals surface area contributed by atoms with Gasteiger partial charge < -0.3 is 11.1 Å². The average Bonchev–Trinajstić information content (AvgIpc) is 2.87. The highest BCUT2D eigenvalue weighted by Gasteiger charge is 2.44. The molecular formula is C29H25IN2O2. The number of carbonyl (C=O) groups excluding carboxylic acids is 2. The molecule has 0 aliphatic rings. The molecule has 34 heavy (non-hydrogen) atoms. The van der Waals surface area contributed by atoms with Crippen LogP contribution in [0.5, 0.6) is 0 Å². The Bertz CT molecular complexity index is 1150. The highest BCUT2D eigenvalue weighted by molar-refractivity contribution is 14.1. The Morgan fingerprint density at radius 3 is 1.50 bits per heavy atom. The predicted octanol–water partition coefficient (Wildman–Crippen LogP) is 4.84. The van der Waals surface area contributed by atoms with Crippen LogP contribution in [0.25, 0.3) is 0 Å². The van der Waals surface area contributed by atoms with Crippen molar-refractivity contribution in [3.05, 3.63) is 141 Å². The van der Waals surface area contributed by atoms with Crippen LogP contribution in [0.3, 0.4) is 0 Å². The Morgan fingerprint density at radius 1 is 0.706 bits per heavy atom. The first-order valence-corrected chi connectivity index (χ1v) is 12.1. The predicted molar refractivity (Wildman–Crippen MR) is 143 cm³/mol. The molecule has 1 atom stereocenters. The van der Waals surface area contributed by atoms with Crippen molar-refractivity contribution in [3.8, 4) is 0 Å². The molecular weight excluding hydrogens is 535 g/mol. The topological polar surface area (TPSA) is 72.2 Å². The second-order valence-electron chi connectivity index (χ2n) is 8.11. The molecule has 0 heterocycles. The summed E-state index contributed by atoms with van der Waals surface area (Å²) in [5.41, 5.74) is 7.95. The van der Waals surface area contributed by atoms with Gasteiger partial charge in [0.2, 0.25) is 11.8 Å². The second kappa shape index (κ2) is 10.7. The second-order valence-corrected chi connectivity index (χ2v) is 9.35. The molecule has 4 aromatic rings. The van der Waals surface area contributed by atoms with E-state index >= 15 is 0 Å². The van der Waals surface area contributed by atoms with Crippen LogP contribution in [0.1, 0.15) is 22.3 Å². The molecule has 170 valence electrons. The third-order valence-corrected chi connectivity index (χ3v) is 6.68. The summed E-state index contributed by atoms with van der Waals surface area (Å²) in [5.74, 6) is -0.875. The van der Waals surface area contributed by atoms with E-state index in [1.807, 2.05) is 115 Å². The lowest BCUT2D eigenvalue weighted by Crippen LogP contribution is -2.54. The summed E-state index contributed by atoms with van der Waals surface area (Å²) in [6.07, 6.45) is 0.312. The van der Waals surface area contributed by atoms with E-state index in [0.717, 1.165) is 25.8 Å². The quantitative estimate of drug-likeness (QED) is 0.239. The first kappa shape index (κ1) is 23.7. The van der Waals surface area contributed by atoms with Crippen molar-refractivity contribution in [2.75, 3.05) is 0 Å². The summed E-state index contributed by atoms with van der Waals surface area (Å²) in [4.78, 5) is 26.8. The summed E-state index contributed by atoms with van der Waals surface area (Å²) >= 11 is 2.23. The van der Waals surface area contributed by atoms with Crippen molar-refractivity contribution in [1.29, 1.82) is 0 Å². The van der Waals surface area contributed by atoms with E-state index in [2.05, 4.69) is 27.9 Å². The lowest BCUT2D eigenvalue weighted by atomic mass is 9.68. The van der Waals surface area contributed by atoms with E-state index in [-0.39, 0.29) is 5.91 Å². The van der Waals surface area contributed by atoms with Crippen LogP contribution >= 0.6 is 22.6 Å². The molecule has 0 aliphatic carbocycles. The number of nitrogens with two attached hydrogens (primary N) is 1. The van der Waals surface area contributed by atoms with Crippen molar-refractivity contribution in [1.82, 2.24) is 5.32 Å². The number of benzene rings is 4. The lowest BCUT2D eigenvalue weighted by molar-refractivity contribution is -0.129. The third kappa shape index (κ3) is 4.89. The normalized spacial score (nSPS) is 12.0. The molecule has 5 heteroatoms. The van der Waals surface area contributed by atoms with Gasteiger partial charge in [-0.15, -0.1) is 0 Å². The number of primary amides is 1. The number of amides is 2. The molecule has 2 amide bonds. The van der Waals surface area contributed by atoms with Crippen molar-refractivity contribution in [2.24, 2.45) is 5.73 Å². The molecule has 4 aromatic carbocycles. The molecule has 0 saturated carbocycles.